The van der Waals surface area contributed by atoms with Gasteiger partial charge >= 0.3 is 11.9 Å². The van der Waals surface area contributed by atoms with Crippen LogP contribution in [0, 0.1) is 0 Å². The van der Waals surface area contributed by atoms with Gasteiger partial charge < -0.3 is 19.3 Å². The van der Waals surface area contributed by atoms with Crippen molar-refractivity contribution in [3.63, 3.8) is 0 Å². The Bertz CT molecular complexity index is 720. The Morgan fingerprint density at radius 1 is 1.33 bits per heavy atom. The zero-order valence-corrected chi connectivity index (χ0v) is 17.2. The molecule has 1 heterocycles. The van der Waals surface area contributed by atoms with Gasteiger partial charge in [-0.25, -0.2) is 4.79 Å². The number of ether oxygens (including phenoxy) is 2. The summed E-state index contributed by atoms with van der Waals surface area (Å²) in [5, 5.41) is 0. The molecular formula is C19H26N2O5S. The molecule has 1 aromatic carbocycles. The average molecular weight is 394 g/mol. The third kappa shape index (κ3) is 5.71. The summed E-state index contributed by atoms with van der Waals surface area (Å²) in [6.07, 6.45) is -1.07. The minimum Gasteiger partial charge on any atom is -0.459 e. The standard InChI is InChI=1S/C19H26N2O5S/c1-12(2)25-19(24)14-6-7-15-17(10-14)27-11-16(26-13(3)22)18(23)21(15)9-8-20(4)5/h6-7,10,12,16H,8-9,11H2,1-5H3/t16-/m1/s1. The van der Waals surface area contributed by atoms with Crippen molar-refractivity contribution in [3.8, 4) is 0 Å². The molecule has 27 heavy (non-hydrogen) atoms. The summed E-state index contributed by atoms with van der Waals surface area (Å²) in [6, 6.07) is 5.14. The van der Waals surface area contributed by atoms with Crippen molar-refractivity contribution in [2.45, 2.75) is 37.9 Å². The van der Waals surface area contributed by atoms with Crippen LogP contribution in [-0.4, -0.2) is 67.9 Å². The van der Waals surface area contributed by atoms with E-state index < -0.39 is 18.0 Å². The molecule has 0 fully saturated rings. The van der Waals surface area contributed by atoms with Crippen LogP contribution in [0.5, 0.6) is 0 Å². The molecule has 0 saturated heterocycles. The molecule has 8 heteroatoms. The van der Waals surface area contributed by atoms with E-state index in [2.05, 4.69) is 0 Å². The van der Waals surface area contributed by atoms with Crippen molar-refractivity contribution >= 4 is 35.3 Å². The van der Waals surface area contributed by atoms with Crippen LogP contribution in [0.3, 0.4) is 0 Å². The zero-order valence-electron chi connectivity index (χ0n) is 16.4. The van der Waals surface area contributed by atoms with Crippen LogP contribution in [0.2, 0.25) is 0 Å². The molecular weight excluding hydrogens is 368 g/mol. The monoisotopic (exact) mass is 394 g/mol. The predicted molar refractivity (Wildman–Crippen MR) is 104 cm³/mol. The average Bonchev–Trinajstić information content (AvgIpc) is 2.69. The molecule has 0 unspecified atom stereocenters. The number of benzene rings is 1. The van der Waals surface area contributed by atoms with Gasteiger partial charge in [0.05, 0.1) is 17.4 Å². The highest BCUT2D eigenvalue weighted by Crippen LogP contribution is 2.36. The van der Waals surface area contributed by atoms with E-state index in [1.807, 2.05) is 19.0 Å². The van der Waals surface area contributed by atoms with Crippen LogP contribution >= 0.6 is 11.8 Å². The molecule has 0 spiro atoms. The highest BCUT2D eigenvalue weighted by atomic mass is 32.2. The van der Waals surface area contributed by atoms with Crippen LogP contribution < -0.4 is 4.90 Å². The first-order valence-electron chi connectivity index (χ1n) is 8.80. The lowest BCUT2D eigenvalue weighted by Gasteiger charge is -2.26. The van der Waals surface area contributed by atoms with Gasteiger partial charge in [-0.2, -0.15) is 0 Å². The topological polar surface area (TPSA) is 76.2 Å². The van der Waals surface area contributed by atoms with Crippen molar-refractivity contribution in [3.05, 3.63) is 23.8 Å². The Morgan fingerprint density at radius 2 is 2.04 bits per heavy atom. The number of amides is 1. The number of likely N-dealkylation sites (N-methyl/N-ethyl adjacent to an activating group) is 1. The van der Waals surface area contributed by atoms with Crippen molar-refractivity contribution in [2.75, 3.05) is 37.8 Å². The fourth-order valence-corrected chi connectivity index (χ4v) is 3.68. The summed E-state index contributed by atoms with van der Waals surface area (Å²) in [6.45, 7) is 5.98. The molecule has 0 radical (unpaired) electrons. The molecule has 1 aliphatic heterocycles. The molecule has 1 aromatic rings. The number of fused-ring (bicyclic) bond motifs is 1. The van der Waals surface area contributed by atoms with E-state index in [1.54, 1.807) is 36.9 Å². The molecule has 0 N–H and O–H groups in total. The number of hydrogen-bond donors (Lipinski definition) is 0. The molecule has 2 rings (SSSR count). The molecule has 0 aliphatic carbocycles. The van der Waals surface area contributed by atoms with E-state index in [9.17, 15) is 14.4 Å². The molecule has 1 aliphatic rings. The highest BCUT2D eigenvalue weighted by molar-refractivity contribution is 7.99. The fraction of sp³-hybridized carbons (Fsp3) is 0.526. The lowest BCUT2D eigenvalue weighted by atomic mass is 10.1. The molecule has 1 amide bonds. The SMILES string of the molecule is CC(=O)O[C@@H]1CSc2cc(C(=O)OC(C)C)ccc2N(CCN(C)C)C1=O. The van der Waals surface area contributed by atoms with E-state index in [4.69, 9.17) is 9.47 Å². The van der Waals surface area contributed by atoms with Crippen molar-refractivity contribution in [1.82, 2.24) is 4.90 Å². The van der Waals surface area contributed by atoms with Crippen LogP contribution in [0.1, 0.15) is 31.1 Å². The lowest BCUT2D eigenvalue weighted by molar-refractivity contribution is -0.151. The number of hydrogen-bond acceptors (Lipinski definition) is 7. The van der Waals surface area contributed by atoms with Crippen LogP contribution in [0.4, 0.5) is 5.69 Å². The first kappa shape index (κ1) is 21.2. The third-order valence-corrected chi connectivity index (χ3v) is 4.95. The zero-order chi connectivity index (χ0) is 20.1. The summed E-state index contributed by atoms with van der Waals surface area (Å²) in [4.78, 5) is 40.9. The van der Waals surface area contributed by atoms with E-state index in [0.29, 0.717) is 30.1 Å². The summed E-state index contributed by atoms with van der Waals surface area (Å²) >= 11 is 1.39. The minimum atomic E-state index is -0.854. The smallest absolute Gasteiger partial charge is 0.338 e. The Morgan fingerprint density at radius 3 is 2.63 bits per heavy atom. The molecule has 0 saturated carbocycles. The summed E-state index contributed by atoms with van der Waals surface area (Å²) < 4.78 is 10.5. The maximum Gasteiger partial charge on any atom is 0.338 e. The lowest BCUT2D eigenvalue weighted by Crippen LogP contribution is -2.44. The summed E-state index contributed by atoms with van der Waals surface area (Å²) in [5.74, 6) is -0.850. The largest absolute Gasteiger partial charge is 0.459 e. The van der Waals surface area contributed by atoms with Gasteiger partial charge in [-0.05, 0) is 46.1 Å². The van der Waals surface area contributed by atoms with Crippen molar-refractivity contribution < 1.29 is 23.9 Å². The van der Waals surface area contributed by atoms with Gasteiger partial charge in [0, 0.05) is 30.7 Å². The summed E-state index contributed by atoms with van der Waals surface area (Å²) in [5.41, 5.74) is 1.14. The molecule has 0 aromatic heterocycles. The van der Waals surface area contributed by atoms with Gasteiger partial charge in [-0.3, -0.25) is 9.59 Å². The first-order valence-corrected chi connectivity index (χ1v) is 9.78. The molecule has 7 nitrogen and oxygen atoms in total. The van der Waals surface area contributed by atoms with Crippen molar-refractivity contribution in [1.29, 1.82) is 0 Å². The van der Waals surface area contributed by atoms with Crippen molar-refractivity contribution in [2.24, 2.45) is 0 Å². The van der Waals surface area contributed by atoms with Crippen LogP contribution in [0.15, 0.2) is 23.1 Å². The van der Waals surface area contributed by atoms with E-state index in [-0.39, 0.29) is 12.0 Å². The van der Waals surface area contributed by atoms with Gasteiger partial charge in [0.2, 0.25) is 0 Å². The second-order valence-electron chi connectivity index (χ2n) is 6.84. The third-order valence-electron chi connectivity index (χ3n) is 3.84. The second kappa shape index (κ2) is 9.23. The number of rotatable bonds is 6. The van der Waals surface area contributed by atoms with Gasteiger partial charge in [-0.15, -0.1) is 11.8 Å². The predicted octanol–water partition coefficient (Wildman–Crippen LogP) is 2.18. The normalized spacial score (nSPS) is 16.9. The minimum absolute atomic E-state index is 0.213. The number of carbonyl (C=O) groups excluding carboxylic acids is 3. The Hall–Kier alpha value is -2.06. The fourth-order valence-electron chi connectivity index (χ4n) is 2.61. The van der Waals surface area contributed by atoms with Gasteiger partial charge in [0.25, 0.3) is 5.91 Å². The van der Waals surface area contributed by atoms with Gasteiger partial charge in [-0.1, -0.05) is 0 Å². The maximum atomic E-state index is 12.9. The van der Waals surface area contributed by atoms with Crippen LogP contribution in [0.25, 0.3) is 0 Å². The first-order chi connectivity index (χ1) is 12.7. The number of nitrogens with zero attached hydrogens (tertiary/aromatic N) is 2. The van der Waals surface area contributed by atoms with Crippen LogP contribution in [-0.2, 0) is 19.1 Å². The quantitative estimate of drug-likeness (QED) is 0.685. The van der Waals surface area contributed by atoms with Gasteiger partial charge in [0.15, 0.2) is 6.10 Å². The number of anilines is 1. The number of carbonyl (C=O) groups is 3. The number of esters is 2. The summed E-state index contributed by atoms with van der Waals surface area (Å²) in [7, 11) is 3.85. The van der Waals surface area contributed by atoms with E-state index in [0.717, 1.165) is 4.90 Å². The van der Waals surface area contributed by atoms with E-state index in [1.165, 1.54) is 18.7 Å². The van der Waals surface area contributed by atoms with E-state index >= 15 is 0 Å². The van der Waals surface area contributed by atoms with Gasteiger partial charge in [0.1, 0.15) is 0 Å². The Balaban J connectivity index is 2.36. The molecule has 0 bridgehead atoms. The molecule has 1 atom stereocenters. The Labute approximate surface area is 164 Å². The molecule has 148 valence electrons. The highest BCUT2D eigenvalue weighted by Gasteiger charge is 2.33. The number of thioether (sulfide) groups is 1. The second-order valence-corrected chi connectivity index (χ2v) is 7.90. The Kier molecular flexibility index (Phi) is 7.26. The maximum absolute atomic E-state index is 12.9.